The highest BCUT2D eigenvalue weighted by molar-refractivity contribution is 7.99. The Balaban J connectivity index is 1.26. The topological polar surface area (TPSA) is 89.7 Å². The summed E-state index contributed by atoms with van der Waals surface area (Å²) in [5.74, 6) is 1.96. The Labute approximate surface area is 148 Å². The van der Waals surface area contributed by atoms with Crippen molar-refractivity contribution >= 4 is 23.4 Å². The lowest BCUT2D eigenvalue weighted by Crippen LogP contribution is -2.18. The zero-order chi connectivity index (χ0) is 17.1. The minimum atomic E-state index is -0.150. The maximum absolute atomic E-state index is 12.1. The number of hydrogen-bond acceptors (Lipinski definition) is 8. The highest BCUT2D eigenvalue weighted by Crippen LogP contribution is 2.34. The van der Waals surface area contributed by atoms with E-state index in [4.69, 9.17) is 13.9 Å². The third-order valence-electron chi connectivity index (χ3n) is 3.99. The van der Waals surface area contributed by atoms with Gasteiger partial charge in [0, 0.05) is 11.8 Å². The van der Waals surface area contributed by atoms with Crippen LogP contribution in [-0.2, 0) is 11.3 Å². The second kappa shape index (κ2) is 7.32. The van der Waals surface area contributed by atoms with Crippen molar-refractivity contribution in [2.75, 3.05) is 31.0 Å². The Hall–Kier alpha value is -2.26. The molecular weight excluding hydrogens is 344 g/mol. The molecule has 2 aromatic rings. The van der Waals surface area contributed by atoms with Crippen LogP contribution in [0.2, 0.25) is 0 Å². The molecule has 25 heavy (non-hydrogen) atoms. The highest BCUT2D eigenvalue weighted by Gasteiger charge is 2.17. The first-order valence-corrected chi connectivity index (χ1v) is 9.12. The summed E-state index contributed by atoms with van der Waals surface area (Å²) in [6, 6.07) is 5.29. The molecule has 1 amide bonds. The Morgan fingerprint density at radius 1 is 1.20 bits per heavy atom. The van der Waals surface area contributed by atoms with E-state index >= 15 is 0 Å². The van der Waals surface area contributed by atoms with E-state index in [1.165, 1.54) is 24.6 Å². The maximum atomic E-state index is 12.1. The number of fused-ring (bicyclic) bond motifs is 1. The summed E-state index contributed by atoms with van der Waals surface area (Å²) in [6.45, 7) is 3.03. The zero-order valence-electron chi connectivity index (χ0n) is 13.6. The van der Waals surface area contributed by atoms with E-state index in [-0.39, 0.29) is 18.5 Å². The van der Waals surface area contributed by atoms with Gasteiger partial charge < -0.3 is 19.2 Å². The average Bonchev–Trinajstić information content (AvgIpc) is 3.35. The van der Waals surface area contributed by atoms with Gasteiger partial charge in [0.1, 0.15) is 0 Å². The molecule has 2 aliphatic heterocycles. The summed E-state index contributed by atoms with van der Waals surface area (Å²) >= 11 is 1.23. The number of likely N-dealkylation sites (tertiary alicyclic amines) is 1. The average molecular weight is 362 g/mol. The number of ether oxygens (including phenoxy) is 2. The largest absolute Gasteiger partial charge is 0.454 e. The Morgan fingerprint density at radius 2 is 2.04 bits per heavy atom. The first-order chi connectivity index (χ1) is 12.3. The van der Waals surface area contributed by atoms with Crippen LogP contribution in [-0.4, -0.2) is 46.6 Å². The number of nitrogens with zero attached hydrogens (tertiary/aromatic N) is 3. The Bertz CT molecular complexity index is 760. The van der Waals surface area contributed by atoms with Crippen LogP contribution in [0.5, 0.6) is 11.5 Å². The Kier molecular flexibility index (Phi) is 4.75. The molecule has 0 atom stereocenters. The molecule has 1 aromatic heterocycles. The Morgan fingerprint density at radius 3 is 2.92 bits per heavy atom. The van der Waals surface area contributed by atoms with Crippen molar-refractivity contribution in [1.29, 1.82) is 0 Å². The van der Waals surface area contributed by atoms with Gasteiger partial charge in [0.2, 0.25) is 18.6 Å². The predicted octanol–water partition coefficient (Wildman–Crippen LogP) is 2.12. The van der Waals surface area contributed by atoms with Gasteiger partial charge in [0.25, 0.3) is 5.22 Å². The summed E-state index contributed by atoms with van der Waals surface area (Å²) in [6.07, 6.45) is 2.44. The summed E-state index contributed by atoms with van der Waals surface area (Å²) < 4.78 is 16.1. The molecular formula is C16H18N4O4S. The molecule has 0 aliphatic carbocycles. The number of benzene rings is 1. The van der Waals surface area contributed by atoms with Crippen molar-refractivity contribution < 1.29 is 18.7 Å². The van der Waals surface area contributed by atoms with E-state index in [0.717, 1.165) is 13.1 Å². The zero-order valence-corrected chi connectivity index (χ0v) is 14.4. The molecule has 2 aliphatic rings. The third-order valence-corrected chi connectivity index (χ3v) is 4.81. The lowest BCUT2D eigenvalue weighted by Gasteiger charge is -2.10. The van der Waals surface area contributed by atoms with Gasteiger partial charge in [0.15, 0.2) is 11.5 Å². The first-order valence-electron chi connectivity index (χ1n) is 8.13. The van der Waals surface area contributed by atoms with Crippen LogP contribution in [0.15, 0.2) is 27.8 Å². The van der Waals surface area contributed by atoms with E-state index in [1.54, 1.807) is 18.2 Å². The standard InChI is InChI=1S/C16H18N4O4S/c21-14(17-11-3-4-12-13(7-11)23-10-22-12)9-25-16-19-18-15(24-16)8-20-5-1-2-6-20/h3-4,7H,1-2,5-6,8-10H2,(H,17,21). The molecule has 0 unspecified atom stereocenters. The van der Waals surface area contributed by atoms with Gasteiger partial charge in [-0.15, -0.1) is 10.2 Å². The number of carbonyl (C=O) groups excluding carboxylic acids is 1. The van der Waals surface area contributed by atoms with Gasteiger partial charge in [-0.05, 0) is 38.1 Å². The van der Waals surface area contributed by atoms with Crippen LogP contribution in [0.25, 0.3) is 0 Å². The van der Waals surface area contributed by atoms with E-state index < -0.39 is 0 Å². The van der Waals surface area contributed by atoms with Crippen molar-refractivity contribution in [2.45, 2.75) is 24.6 Å². The summed E-state index contributed by atoms with van der Waals surface area (Å²) in [5.41, 5.74) is 0.662. The van der Waals surface area contributed by atoms with Crippen molar-refractivity contribution in [2.24, 2.45) is 0 Å². The minimum absolute atomic E-state index is 0.150. The number of rotatable bonds is 6. The van der Waals surface area contributed by atoms with E-state index in [1.807, 2.05) is 0 Å². The maximum Gasteiger partial charge on any atom is 0.277 e. The predicted molar refractivity (Wildman–Crippen MR) is 90.7 cm³/mol. The van der Waals surface area contributed by atoms with E-state index in [2.05, 4.69) is 20.4 Å². The fraction of sp³-hybridized carbons (Fsp3) is 0.438. The van der Waals surface area contributed by atoms with Crippen LogP contribution >= 0.6 is 11.8 Å². The van der Waals surface area contributed by atoms with Gasteiger partial charge in [-0.25, -0.2) is 0 Å². The molecule has 0 bridgehead atoms. The number of nitrogens with one attached hydrogen (secondary N) is 1. The highest BCUT2D eigenvalue weighted by atomic mass is 32.2. The molecule has 1 fully saturated rings. The number of carbonyl (C=O) groups is 1. The number of thioether (sulfide) groups is 1. The number of aromatic nitrogens is 2. The first kappa shape index (κ1) is 16.2. The molecule has 0 saturated carbocycles. The lowest BCUT2D eigenvalue weighted by atomic mass is 10.3. The third kappa shape index (κ3) is 4.05. The quantitative estimate of drug-likeness (QED) is 0.782. The number of amides is 1. The SMILES string of the molecule is O=C(CSc1nnc(CN2CCCC2)o1)Nc1ccc2c(c1)OCO2. The summed E-state index contributed by atoms with van der Waals surface area (Å²) in [4.78, 5) is 14.4. The molecule has 0 radical (unpaired) electrons. The van der Waals surface area contributed by atoms with E-state index in [9.17, 15) is 4.79 Å². The number of hydrogen-bond donors (Lipinski definition) is 1. The van der Waals surface area contributed by atoms with Gasteiger partial charge in [-0.2, -0.15) is 0 Å². The van der Waals surface area contributed by atoms with Gasteiger partial charge in [-0.3, -0.25) is 9.69 Å². The van der Waals surface area contributed by atoms with Crippen molar-refractivity contribution in [3.63, 3.8) is 0 Å². The second-order valence-corrected chi connectivity index (χ2v) is 6.78. The van der Waals surface area contributed by atoms with Gasteiger partial charge >= 0.3 is 0 Å². The van der Waals surface area contributed by atoms with Crippen LogP contribution < -0.4 is 14.8 Å². The van der Waals surface area contributed by atoms with Crippen LogP contribution in [0.1, 0.15) is 18.7 Å². The molecule has 3 heterocycles. The fourth-order valence-electron chi connectivity index (χ4n) is 2.79. The van der Waals surface area contributed by atoms with Crippen molar-refractivity contribution in [1.82, 2.24) is 15.1 Å². The lowest BCUT2D eigenvalue weighted by molar-refractivity contribution is -0.113. The monoisotopic (exact) mass is 362 g/mol. The number of anilines is 1. The summed E-state index contributed by atoms with van der Waals surface area (Å²) in [7, 11) is 0. The van der Waals surface area contributed by atoms with Crippen molar-refractivity contribution in [3.05, 3.63) is 24.1 Å². The smallest absolute Gasteiger partial charge is 0.277 e. The fourth-order valence-corrected chi connectivity index (χ4v) is 3.37. The second-order valence-electron chi connectivity index (χ2n) is 5.85. The van der Waals surface area contributed by atoms with Gasteiger partial charge in [-0.1, -0.05) is 11.8 Å². The normalized spacial score (nSPS) is 16.3. The summed E-state index contributed by atoms with van der Waals surface area (Å²) in [5, 5.41) is 11.3. The van der Waals surface area contributed by atoms with Crippen molar-refractivity contribution in [3.8, 4) is 11.5 Å². The molecule has 132 valence electrons. The van der Waals surface area contributed by atoms with Crippen LogP contribution in [0.3, 0.4) is 0 Å². The van der Waals surface area contributed by atoms with Crippen LogP contribution in [0.4, 0.5) is 5.69 Å². The van der Waals surface area contributed by atoms with Crippen LogP contribution in [0, 0.1) is 0 Å². The molecule has 0 spiro atoms. The van der Waals surface area contributed by atoms with E-state index in [0.29, 0.717) is 34.8 Å². The minimum Gasteiger partial charge on any atom is -0.454 e. The molecule has 1 aromatic carbocycles. The molecule has 1 N–H and O–H groups in total. The molecule has 1 saturated heterocycles. The molecule has 9 heteroatoms. The molecule has 8 nitrogen and oxygen atoms in total. The van der Waals surface area contributed by atoms with Gasteiger partial charge in [0.05, 0.1) is 12.3 Å². The molecule has 4 rings (SSSR count).